The van der Waals surface area contributed by atoms with Crippen molar-refractivity contribution in [3.8, 4) is 33.6 Å². The van der Waals surface area contributed by atoms with Crippen molar-refractivity contribution in [3.63, 3.8) is 0 Å². The molecule has 12 rings (SSSR count). The molecule has 0 saturated carbocycles. The number of benzene rings is 9. The summed E-state index contributed by atoms with van der Waals surface area (Å²) in [6, 6.07) is 79.6. The molecule has 0 fully saturated rings. The van der Waals surface area contributed by atoms with E-state index in [-0.39, 0.29) is 0 Å². The summed E-state index contributed by atoms with van der Waals surface area (Å²) in [5.41, 5.74) is 18.5. The fraction of sp³-hybridized carbons (Fsp3) is 0.0323. The zero-order valence-corrected chi connectivity index (χ0v) is 35.6. The van der Waals surface area contributed by atoms with E-state index in [9.17, 15) is 0 Å². The number of aromatic nitrogens is 2. The number of hydrogen-bond acceptors (Lipinski definition) is 0. The van der Waals surface area contributed by atoms with Crippen LogP contribution in [0.3, 0.4) is 0 Å². The van der Waals surface area contributed by atoms with Crippen molar-refractivity contribution in [3.05, 3.63) is 271 Å². The van der Waals surface area contributed by atoms with Crippen LogP contribution in [0.1, 0.15) is 29.2 Å². The van der Waals surface area contributed by atoms with Crippen LogP contribution in [0.25, 0.3) is 82.8 Å². The zero-order valence-electron chi connectivity index (χ0n) is 35.6. The molecule has 0 saturated heterocycles. The van der Waals surface area contributed by atoms with E-state index in [1.807, 2.05) is 0 Å². The quantitative estimate of drug-likeness (QED) is 0.135. The standard InChI is InChI=1S/C62H44N2/c1-3-43(44-32-38-48(39-33-44)63-58-24-12-6-18-52(58)53-19-7-13-25-59(53)63)29-28-42(2)62(56-22-10-4-16-50(56)51-17-5-11-23-57(51)62)47-36-30-45(31-37-47)46-34-40-49(41-35-46)64-60-26-14-8-20-54(60)55-21-9-15-27-61(55)64/h3-41H,2H2,1H3/b29-28-,43-3+. The van der Waals surface area contributed by atoms with Gasteiger partial charge in [-0.05, 0) is 111 Å². The van der Waals surface area contributed by atoms with Crippen LogP contribution in [0, 0.1) is 0 Å². The van der Waals surface area contributed by atoms with Gasteiger partial charge in [-0.25, -0.2) is 0 Å². The highest BCUT2D eigenvalue weighted by Gasteiger charge is 2.45. The summed E-state index contributed by atoms with van der Waals surface area (Å²) in [5, 5.41) is 5.07. The first kappa shape index (κ1) is 37.6. The van der Waals surface area contributed by atoms with Crippen LogP contribution < -0.4 is 0 Å². The Hall–Kier alpha value is -8.20. The highest BCUT2D eigenvalue weighted by Crippen LogP contribution is 2.56. The van der Waals surface area contributed by atoms with E-state index in [0.717, 1.165) is 28.1 Å². The van der Waals surface area contributed by atoms with Gasteiger partial charge in [0, 0.05) is 32.9 Å². The molecule has 2 nitrogen and oxygen atoms in total. The summed E-state index contributed by atoms with van der Waals surface area (Å²) in [6.45, 7) is 7.05. The number of fused-ring (bicyclic) bond motifs is 9. The van der Waals surface area contributed by atoms with Crippen LogP contribution in [0.2, 0.25) is 0 Å². The number of nitrogens with zero attached hydrogens (tertiary/aromatic N) is 2. The van der Waals surface area contributed by atoms with Crippen molar-refractivity contribution in [1.29, 1.82) is 0 Å². The van der Waals surface area contributed by atoms with Crippen LogP contribution in [-0.4, -0.2) is 9.13 Å². The molecule has 1 aliphatic rings. The first-order chi connectivity index (χ1) is 31.6. The van der Waals surface area contributed by atoms with Gasteiger partial charge in [-0.1, -0.05) is 195 Å². The Bertz CT molecular complexity index is 3510. The molecule has 0 amide bonds. The highest BCUT2D eigenvalue weighted by molar-refractivity contribution is 6.10. The molecule has 2 heterocycles. The molecule has 0 bridgehead atoms. The van der Waals surface area contributed by atoms with E-state index in [0.29, 0.717) is 0 Å². The Morgan fingerprint density at radius 1 is 0.406 bits per heavy atom. The van der Waals surface area contributed by atoms with E-state index in [1.165, 1.54) is 82.6 Å². The van der Waals surface area contributed by atoms with Gasteiger partial charge in [0.2, 0.25) is 0 Å². The van der Waals surface area contributed by atoms with Gasteiger partial charge in [0.15, 0.2) is 0 Å². The second kappa shape index (κ2) is 15.0. The lowest BCUT2D eigenvalue weighted by Crippen LogP contribution is -2.28. The van der Waals surface area contributed by atoms with Crippen LogP contribution in [-0.2, 0) is 5.41 Å². The zero-order chi connectivity index (χ0) is 42.8. The van der Waals surface area contributed by atoms with Crippen molar-refractivity contribution >= 4 is 49.2 Å². The average Bonchev–Trinajstić information content (AvgIpc) is 3.99. The van der Waals surface area contributed by atoms with E-state index in [2.05, 4.69) is 253 Å². The van der Waals surface area contributed by atoms with E-state index >= 15 is 0 Å². The van der Waals surface area contributed by atoms with Gasteiger partial charge in [0.25, 0.3) is 0 Å². The molecular formula is C62H44N2. The van der Waals surface area contributed by atoms with Gasteiger partial charge in [0.1, 0.15) is 0 Å². The summed E-state index contributed by atoms with van der Waals surface area (Å²) >= 11 is 0. The summed E-state index contributed by atoms with van der Waals surface area (Å²) < 4.78 is 4.74. The van der Waals surface area contributed by atoms with Gasteiger partial charge in [-0.15, -0.1) is 0 Å². The average molecular weight is 817 g/mol. The van der Waals surface area contributed by atoms with Crippen molar-refractivity contribution < 1.29 is 0 Å². The number of rotatable bonds is 8. The minimum absolute atomic E-state index is 0.581. The fourth-order valence-electron chi connectivity index (χ4n) is 10.7. The SMILES string of the molecule is C=C(/C=C\C(=C/C)c1ccc(-n2c3ccccc3c3ccccc32)cc1)C1(c2ccc(-c3ccc(-n4c5ccccc5c5ccccc54)cc3)cc2)c2ccccc2-c2ccccc21. The highest BCUT2D eigenvalue weighted by atomic mass is 15.0. The maximum atomic E-state index is 4.93. The first-order valence-corrected chi connectivity index (χ1v) is 22.2. The second-order valence-corrected chi connectivity index (χ2v) is 16.9. The summed E-state index contributed by atoms with van der Waals surface area (Å²) in [4.78, 5) is 0. The molecule has 1 aliphatic carbocycles. The van der Waals surface area contributed by atoms with Crippen molar-refractivity contribution in [1.82, 2.24) is 9.13 Å². The molecule has 11 aromatic rings. The van der Waals surface area contributed by atoms with Crippen LogP contribution in [0.4, 0.5) is 0 Å². The molecule has 0 N–H and O–H groups in total. The van der Waals surface area contributed by atoms with Crippen LogP contribution in [0.15, 0.2) is 249 Å². The molecule has 2 aromatic heterocycles. The molecule has 0 radical (unpaired) electrons. The second-order valence-electron chi connectivity index (χ2n) is 16.9. The normalized spacial score (nSPS) is 13.3. The smallest absolute Gasteiger partial charge is 0.0707 e. The van der Waals surface area contributed by atoms with Crippen molar-refractivity contribution in [2.75, 3.05) is 0 Å². The third-order valence-electron chi connectivity index (χ3n) is 13.6. The monoisotopic (exact) mass is 816 g/mol. The molecule has 9 aromatic carbocycles. The van der Waals surface area contributed by atoms with Gasteiger partial charge in [-0.2, -0.15) is 0 Å². The largest absolute Gasteiger partial charge is 0.309 e. The third kappa shape index (κ3) is 5.66. The molecule has 2 heteroatoms. The molecule has 0 unspecified atom stereocenters. The predicted octanol–water partition coefficient (Wildman–Crippen LogP) is 16.1. The lowest BCUT2D eigenvalue weighted by atomic mass is 9.67. The number of para-hydroxylation sites is 4. The first-order valence-electron chi connectivity index (χ1n) is 22.2. The lowest BCUT2D eigenvalue weighted by molar-refractivity contribution is 0.770. The van der Waals surface area contributed by atoms with E-state index in [1.54, 1.807) is 0 Å². The fourth-order valence-corrected chi connectivity index (χ4v) is 10.7. The molecule has 0 aliphatic heterocycles. The Kier molecular flexibility index (Phi) is 8.81. The van der Waals surface area contributed by atoms with E-state index < -0.39 is 5.41 Å². The number of hydrogen-bond donors (Lipinski definition) is 0. The Morgan fingerprint density at radius 3 is 1.22 bits per heavy atom. The van der Waals surface area contributed by atoms with Crippen molar-refractivity contribution in [2.24, 2.45) is 0 Å². The summed E-state index contributed by atoms with van der Waals surface area (Å²) in [5.74, 6) is 0. The van der Waals surface area contributed by atoms with E-state index in [4.69, 9.17) is 6.58 Å². The molecule has 64 heavy (non-hydrogen) atoms. The minimum atomic E-state index is -0.581. The summed E-state index contributed by atoms with van der Waals surface area (Å²) in [6.07, 6.45) is 6.69. The predicted molar refractivity (Wildman–Crippen MR) is 271 cm³/mol. The summed E-state index contributed by atoms with van der Waals surface area (Å²) in [7, 11) is 0. The van der Waals surface area contributed by atoms with Gasteiger partial charge in [-0.3, -0.25) is 0 Å². The topological polar surface area (TPSA) is 9.86 Å². The molecular weight excluding hydrogens is 773 g/mol. The van der Waals surface area contributed by atoms with Crippen molar-refractivity contribution in [2.45, 2.75) is 12.3 Å². The van der Waals surface area contributed by atoms with Crippen LogP contribution in [0.5, 0.6) is 0 Å². The Labute approximate surface area is 373 Å². The van der Waals surface area contributed by atoms with Gasteiger partial charge >= 0.3 is 0 Å². The Balaban J connectivity index is 0.897. The maximum absolute atomic E-state index is 4.93. The molecule has 302 valence electrons. The molecule has 0 spiro atoms. The third-order valence-corrected chi connectivity index (χ3v) is 13.6. The van der Waals surface area contributed by atoms with Crippen LogP contribution >= 0.6 is 0 Å². The minimum Gasteiger partial charge on any atom is -0.309 e. The van der Waals surface area contributed by atoms with Gasteiger partial charge in [0.05, 0.1) is 27.5 Å². The van der Waals surface area contributed by atoms with Gasteiger partial charge < -0.3 is 9.13 Å². The molecule has 0 atom stereocenters. The Morgan fingerprint density at radius 2 is 0.781 bits per heavy atom. The number of allylic oxidation sites excluding steroid dienone is 5. The maximum Gasteiger partial charge on any atom is 0.0707 e. The lowest BCUT2D eigenvalue weighted by Gasteiger charge is -2.34.